The molecule has 168 valence electrons. The minimum atomic E-state index is -0.700. The molecule has 0 aliphatic carbocycles. The lowest BCUT2D eigenvalue weighted by Gasteiger charge is -2.10. The van der Waals surface area contributed by atoms with Gasteiger partial charge in [-0.25, -0.2) is 9.79 Å². The second-order valence-corrected chi connectivity index (χ2v) is 7.47. The number of methoxy groups -OCH3 is 3. The number of carbonyl (C=O) groups is 1. The number of aliphatic imine (C=N–C) groups is 1. The SMILES string of the molecule is CCOC(=O)C1=C(O)/C(=C\c2c(O)cc(OC)cc2OC)SC1=Nc1cccc(OC)c1. The number of nitrogens with zero attached hydrogens (tertiary/aromatic N) is 1. The summed E-state index contributed by atoms with van der Waals surface area (Å²) in [5.41, 5.74) is 0.790. The van der Waals surface area contributed by atoms with Crippen LogP contribution in [0.2, 0.25) is 0 Å². The van der Waals surface area contributed by atoms with Crippen LogP contribution >= 0.6 is 11.8 Å². The zero-order valence-corrected chi connectivity index (χ0v) is 18.9. The van der Waals surface area contributed by atoms with E-state index in [0.717, 1.165) is 11.8 Å². The average Bonchev–Trinajstić information content (AvgIpc) is 3.09. The van der Waals surface area contributed by atoms with Crippen molar-refractivity contribution in [3.63, 3.8) is 0 Å². The molecule has 1 aliphatic rings. The Morgan fingerprint density at radius 3 is 2.47 bits per heavy atom. The maximum atomic E-state index is 12.6. The van der Waals surface area contributed by atoms with Gasteiger partial charge in [-0.15, -0.1) is 0 Å². The predicted octanol–water partition coefficient (Wildman–Crippen LogP) is 4.61. The third-order valence-electron chi connectivity index (χ3n) is 4.48. The van der Waals surface area contributed by atoms with E-state index in [1.807, 2.05) is 0 Å². The summed E-state index contributed by atoms with van der Waals surface area (Å²) < 4.78 is 20.8. The number of esters is 1. The summed E-state index contributed by atoms with van der Waals surface area (Å²) in [5.74, 6) is 0.231. The molecule has 3 rings (SSSR count). The van der Waals surface area contributed by atoms with Crippen molar-refractivity contribution in [3.8, 4) is 23.0 Å². The van der Waals surface area contributed by atoms with Crippen LogP contribution in [0, 0.1) is 0 Å². The summed E-state index contributed by atoms with van der Waals surface area (Å²) in [5, 5.41) is 21.6. The molecule has 0 spiro atoms. The van der Waals surface area contributed by atoms with Crippen molar-refractivity contribution in [2.45, 2.75) is 6.92 Å². The molecule has 2 aromatic rings. The molecule has 0 saturated heterocycles. The fourth-order valence-corrected chi connectivity index (χ4v) is 3.96. The molecule has 2 aromatic carbocycles. The molecule has 2 N–H and O–H groups in total. The largest absolute Gasteiger partial charge is 0.507 e. The first-order valence-electron chi connectivity index (χ1n) is 9.60. The molecule has 9 heteroatoms. The Morgan fingerprint density at radius 2 is 1.81 bits per heavy atom. The highest BCUT2D eigenvalue weighted by Gasteiger charge is 2.33. The first kappa shape index (κ1) is 23.1. The van der Waals surface area contributed by atoms with Crippen LogP contribution in [0.25, 0.3) is 6.08 Å². The van der Waals surface area contributed by atoms with Crippen molar-refractivity contribution in [2.75, 3.05) is 27.9 Å². The molecule has 0 aromatic heterocycles. The number of phenolic OH excluding ortho intramolecular Hbond substituents is 1. The van der Waals surface area contributed by atoms with Gasteiger partial charge in [-0.1, -0.05) is 17.8 Å². The fraction of sp³-hybridized carbons (Fsp3) is 0.217. The zero-order chi connectivity index (χ0) is 23.3. The highest BCUT2D eigenvalue weighted by Crippen LogP contribution is 2.43. The lowest BCUT2D eigenvalue weighted by Crippen LogP contribution is -2.12. The minimum Gasteiger partial charge on any atom is -0.507 e. The number of aliphatic hydroxyl groups is 1. The molecular formula is C23H23NO7S. The molecule has 0 amide bonds. The number of phenols is 1. The molecule has 0 bridgehead atoms. The van der Waals surface area contributed by atoms with Crippen LogP contribution < -0.4 is 14.2 Å². The first-order valence-corrected chi connectivity index (χ1v) is 10.4. The molecule has 0 fully saturated rings. The number of hydrogen-bond acceptors (Lipinski definition) is 9. The van der Waals surface area contributed by atoms with Crippen LogP contribution in [0.15, 0.2) is 57.6 Å². The Labute approximate surface area is 189 Å². The number of benzene rings is 2. The Bertz CT molecular complexity index is 1120. The van der Waals surface area contributed by atoms with Crippen LogP contribution in [0.1, 0.15) is 12.5 Å². The number of thioether (sulfide) groups is 1. The van der Waals surface area contributed by atoms with E-state index in [1.165, 1.54) is 26.4 Å². The second kappa shape index (κ2) is 10.1. The topological polar surface area (TPSA) is 107 Å². The number of ether oxygens (including phenoxy) is 4. The van der Waals surface area contributed by atoms with Crippen molar-refractivity contribution >= 4 is 34.5 Å². The van der Waals surface area contributed by atoms with Gasteiger partial charge in [-0.3, -0.25) is 0 Å². The van der Waals surface area contributed by atoms with E-state index in [4.69, 9.17) is 18.9 Å². The van der Waals surface area contributed by atoms with E-state index in [1.54, 1.807) is 44.4 Å². The Kier molecular flexibility index (Phi) is 7.32. The summed E-state index contributed by atoms with van der Waals surface area (Å²) in [7, 11) is 4.47. The van der Waals surface area contributed by atoms with Crippen molar-refractivity contribution in [1.29, 1.82) is 0 Å². The van der Waals surface area contributed by atoms with E-state index in [9.17, 15) is 15.0 Å². The summed E-state index contributed by atoms with van der Waals surface area (Å²) in [4.78, 5) is 17.4. The number of carbonyl (C=O) groups excluding carboxylic acids is 1. The van der Waals surface area contributed by atoms with Crippen molar-refractivity contribution in [3.05, 3.63) is 58.2 Å². The summed E-state index contributed by atoms with van der Waals surface area (Å²) in [6, 6.07) is 10.0. The zero-order valence-electron chi connectivity index (χ0n) is 18.0. The van der Waals surface area contributed by atoms with Gasteiger partial charge >= 0.3 is 5.97 Å². The summed E-state index contributed by atoms with van der Waals surface area (Å²) in [6.45, 7) is 1.81. The van der Waals surface area contributed by atoms with Gasteiger partial charge in [-0.2, -0.15) is 0 Å². The molecule has 1 heterocycles. The predicted molar refractivity (Wildman–Crippen MR) is 123 cm³/mol. The second-order valence-electron chi connectivity index (χ2n) is 6.44. The lowest BCUT2D eigenvalue weighted by atomic mass is 10.1. The van der Waals surface area contributed by atoms with Gasteiger partial charge < -0.3 is 29.2 Å². The Balaban J connectivity index is 2.11. The quantitative estimate of drug-likeness (QED) is 0.581. The highest BCUT2D eigenvalue weighted by molar-refractivity contribution is 8.18. The summed E-state index contributed by atoms with van der Waals surface area (Å²) >= 11 is 1.07. The minimum absolute atomic E-state index is 0.0575. The molecule has 0 radical (unpaired) electrons. The molecular weight excluding hydrogens is 434 g/mol. The van der Waals surface area contributed by atoms with Crippen molar-refractivity contribution < 1.29 is 34.0 Å². The number of hydrogen-bond donors (Lipinski definition) is 2. The molecule has 0 saturated carbocycles. The van der Waals surface area contributed by atoms with Crippen LogP contribution in [-0.2, 0) is 9.53 Å². The van der Waals surface area contributed by atoms with Gasteiger partial charge in [0.2, 0.25) is 0 Å². The Hall–Kier alpha value is -3.59. The van der Waals surface area contributed by atoms with Crippen LogP contribution in [0.5, 0.6) is 23.0 Å². The van der Waals surface area contributed by atoms with Crippen molar-refractivity contribution in [2.24, 2.45) is 4.99 Å². The van der Waals surface area contributed by atoms with E-state index >= 15 is 0 Å². The van der Waals surface area contributed by atoms with Crippen LogP contribution in [-0.4, -0.2) is 49.2 Å². The van der Waals surface area contributed by atoms with Gasteiger partial charge in [0, 0.05) is 18.2 Å². The van der Waals surface area contributed by atoms with Gasteiger partial charge in [0.15, 0.2) is 0 Å². The smallest absolute Gasteiger partial charge is 0.344 e. The van der Waals surface area contributed by atoms with E-state index in [-0.39, 0.29) is 28.7 Å². The molecule has 1 aliphatic heterocycles. The normalized spacial score (nSPS) is 15.9. The summed E-state index contributed by atoms with van der Waals surface area (Å²) in [6.07, 6.45) is 1.51. The highest BCUT2D eigenvalue weighted by atomic mass is 32.2. The average molecular weight is 458 g/mol. The maximum absolute atomic E-state index is 12.6. The third-order valence-corrected chi connectivity index (χ3v) is 5.50. The maximum Gasteiger partial charge on any atom is 0.344 e. The van der Waals surface area contributed by atoms with E-state index in [0.29, 0.717) is 33.4 Å². The Morgan fingerprint density at radius 1 is 1.06 bits per heavy atom. The number of rotatable bonds is 7. The number of aromatic hydroxyl groups is 1. The standard InChI is InChI=1S/C23H23NO7S/c1-5-31-23(27)20-21(26)19(12-16-17(25)10-15(29-3)11-18(16)30-4)32-22(20)24-13-7-6-8-14(9-13)28-2/h6-12,25-26H,5H2,1-4H3/b19-12+,24-22?. The van der Waals surface area contributed by atoms with Gasteiger partial charge in [0.25, 0.3) is 0 Å². The molecule has 0 atom stereocenters. The molecule has 0 unspecified atom stereocenters. The third kappa shape index (κ3) is 4.83. The molecule has 8 nitrogen and oxygen atoms in total. The molecule has 32 heavy (non-hydrogen) atoms. The first-order chi connectivity index (χ1) is 15.4. The fourth-order valence-electron chi connectivity index (χ4n) is 2.94. The van der Waals surface area contributed by atoms with Gasteiger partial charge in [0.05, 0.1) is 44.1 Å². The van der Waals surface area contributed by atoms with Gasteiger partial charge in [0.1, 0.15) is 39.4 Å². The number of aliphatic hydroxyl groups excluding tert-OH is 1. The van der Waals surface area contributed by atoms with Gasteiger partial charge in [-0.05, 0) is 25.1 Å². The monoisotopic (exact) mass is 457 g/mol. The van der Waals surface area contributed by atoms with Crippen molar-refractivity contribution in [1.82, 2.24) is 0 Å². The van der Waals surface area contributed by atoms with Crippen LogP contribution in [0.3, 0.4) is 0 Å². The van der Waals surface area contributed by atoms with E-state index < -0.39 is 5.97 Å². The van der Waals surface area contributed by atoms with Crippen LogP contribution in [0.4, 0.5) is 5.69 Å². The van der Waals surface area contributed by atoms with E-state index in [2.05, 4.69) is 4.99 Å². The lowest BCUT2D eigenvalue weighted by molar-refractivity contribution is -0.138.